The molecule has 0 saturated carbocycles. The second-order valence-electron chi connectivity index (χ2n) is 6.19. The molecular formula is C21H21NO5S. The molecule has 0 spiro atoms. The summed E-state index contributed by atoms with van der Waals surface area (Å²) in [4.78, 5) is 24.1. The number of aromatic hydroxyl groups is 1. The third kappa shape index (κ3) is 5.73. The molecule has 2 rings (SSSR count). The largest absolute Gasteiger partial charge is 0.508 e. The van der Waals surface area contributed by atoms with Crippen LogP contribution in [0.3, 0.4) is 0 Å². The summed E-state index contributed by atoms with van der Waals surface area (Å²) in [6.07, 6.45) is 5.12. The van der Waals surface area contributed by atoms with Gasteiger partial charge in [0.1, 0.15) is 5.75 Å². The van der Waals surface area contributed by atoms with Crippen LogP contribution in [0, 0.1) is 0 Å². The van der Waals surface area contributed by atoms with Crippen molar-refractivity contribution in [2.24, 2.45) is 0 Å². The average Bonchev–Trinajstić information content (AvgIpc) is 2.66. The van der Waals surface area contributed by atoms with E-state index in [4.69, 9.17) is 0 Å². The van der Waals surface area contributed by atoms with Crippen molar-refractivity contribution in [2.45, 2.75) is 11.3 Å². The smallest absolute Gasteiger partial charge is 0.243 e. The number of hydrogen-bond donors (Lipinski definition) is 1. The van der Waals surface area contributed by atoms with Gasteiger partial charge in [-0.25, -0.2) is 12.7 Å². The van der Waals surface area contributed by atoms with Gasteiger partial charge in [-0.05, 0) is 41.5 Å². The van der Waals surface area contributed by atoms with Crippen molar-refractivity contribution in [1.29, 1.82) is 0 Å². The molecule has 0 heterocycles. The maximum absolute atomic E-state index is 12.3. The summed E-state index contributed by atoms with van der Waals surface area (Å²) in [5.74, 6) is -0.685. The summed E-state index contributed by atoms with van der Waals surface area (Å²) in [5, 5.41) is 9.22. The average molecular weight is 399 g/mol. The molecule has 2 aromatic carbocycles. The van der Waals surface area contributed by atoms with Gasteiger partial charge in [0, 0.05) is 14.1 Å². The normalized spacial score (nSPS) is 12.1. The van der Waals surface area contributed by atoms with Crippen LogP contribution < -0.4 is 0 Å². The van der Waals surface area contributed by atoms with Gasteiger partial charge >= 0.3 is 0 Å². The van der Waals surface area contributed by atoms with Crippen molar-refractivity contribution < 1.29 is 23.1 Å². The van der Waals surface area contributed by atoms with Crippen molar-refractivity contribution in [3.8, 4) is 5.75 Å². The molecule has 146 valence electrons. The number of carbonyl (C=O) groups excluding carboxylic acids is 2. The number of allylic oxidation sites excluding steroid dienone is 2. The summed E-state index contributed by atoms with van der Waals surface area (Å²) in [5.41, 5.74) is 1.09. The topological polar surface area (TPSA) is 91.8 Å². The number of benzene rings is 2. The Bertz CT molecular complexity index is 1020. The maximum Gasteiger partial charge on any atom is 0.243 e. The third-order valence-corrected chi connectivity index (χ3v) is 5.72. The molecule has 28 heavy (non-hydrogen) atoms. The highest BCUT2D eigenvalue weighted by molar-refractivity contribution is 7.89. The zero-order valence-electron chi connectivity index (χ0n) is 15.6. The van der Waals surface area contributed by atoms with E-state index >= 15 is 0 Å². The SMILES string of the molecule is CN(C)S(=O)(=O)c1ccccc1/C=C/C(=O)CC(=O)/C=C/c1ccc(O)cc1. The molecule has 2 aromatic rings. The first-order valence-corrected chi connectivity index (χ1v) is 9.86. The third-order valence-electron chi connectivity index (χ3n) is 3.83. The lowest BCUT2D eigenvalue weighted by molar-refractivity contribution is -0.121. The molecule has 7 heteroatoms. The van der Waals surface area contributed by atoms with Crippen molar-refractivity contribution in [3.63, 3.8) is 0 Å². The predicted octanol–water partition coefficient (Wildman–Crippen LogP) is 2.90. The van der Waals surface area contributed by atoms with E-state index in [1.54, 1.807) is 36.4 Å². The lowest BCUT2D eigenvalue weighted by Crippen LogP contribution is -2.22. The zero-order chi connectivity index (χ0) is 20.7. The van der Waals surface area contributed by atoms with E-state index in [2.05, 4.69) is 0 Å². The Balaban J connectivity index is 2.06. The molecule has 0 aliphatic carbocycles. The molecule has 0 bridgehead atoms. The molecule has 6 nitrogen and oxygen atoms in total. The minimum absolute atomic E-state index is 0.0857. The van der Waals surface area contributed by atoms with E-state index in [0.717, 1.165) is 9.87 Å². The molecule has 0 unspecified atom stereocenters. The highest BCUT2D eigenvalue weighted by atomic mass is 32.2. The van der Waals surface area contributed by atoms with Crippen LogP contribution in [0.15, 0.2) is 65.6 Å². The van der Waals surface area contributed by atoms with E-state index < -0.39 is 15.8 Å². The van der Waals surface area contributed by atoms with Crippen molar-refractivity contribution >= 4 is 33.7 Å². The van der Waals surface area contributed by atoms with E-state index in [0.29, 0.717) is 5.56 Å². The molecule has 0 fully saturated rings. The van der Waals surface area contributed by atoms with Crippen LogP contribution in [0.25, 0.3) is 12.2 Å². The van der Waals surface area contributed by atoms with Gasteiger partial charge in [-0.2, -0.15) is 0 Å². The standard InChI is InChI=1S/C21H21NO5S/c1-22(2)28(26,27)21-6-4-3-5-17(21)10-14-20(25)15-19(24)13-9-16-7-11-18(23)12-8-16/h3-14,23H,15H2,1-2H3/b13-9+,14-10+. The quantitative estimate of drug-likeness (QED) is 0.544. The first kappa shape index (κ1) is 21.3. The minimum Gasteiger partial charge on any atom is -0.508 e. The summed E-state index contributed by atoms with van der Waals surface area (Å²) in [6, 6.07) is 12.6. The number of rotatable bonds is 8. The van der Waals surface area contributed by atoms with Crippen molar-refractivity contribution in [3.05, 3.63) is 71.8 Å². The molecular weight excluding hydrogens is 378 g/mol. The first-order chi connectivity index (χ1) is 13.2. The van der Waals surface area contributed by atoms with Crippen molar-refractivity contribution in [1.82, 2.24) is 4.31 Å². The molecule has 1 N–H and O–H groups in total. The van der Waals surface area contributed by atoms with Crippen LogP contribution >= 0.6 is 0 Å². The number of sulfonamides is 1. The number of phenolic OH excluding ortho intramolecular Hbond substituents is 1. The van der Waals surface area contributed by atoms with E-state index in [9.17, 15) is 23.1 Å². The molecule has 0 radical (unpaired) electrons. The lowest BCUT2D eigenvalue weighted by Gasteiger charge is -2.13. The minimum atomic E-state index is -3.65. The Labute approximate surface area is 164 Å². The lowest BCUT2D eigenvalue weighted by atomic mass is 10.1. The van der Waals surface area contributed by atoms with Crippen LogP contribution in [0.2, 0.25) is 0 Å². The molecule has 0 amide bonds. The Kier molecular flexibility index (Phi) is 7.03. The van der Waals surface area contributed by atoms with Gasteiger partial charge in [0.05, 0.1) is 11.3 Å². The molecule has 0 aliphatic heterocycles. The number of nitrogens with zero attached hydrogens (tertiary/aromatic N) is 1. The maximum atomic E-state index is 12.3. The van der Waals surface area contributed by atoms with Gasteiger partial charge < -0.3 is 5.11 Å². The van der Waals surface area contributed by atoms with Gasteiger partial charge in [0.15, 0.2) is 11.6 Å². The van der Waals surface area contributed by atoms with Crippen LogP contribution in [-0.4, -0.2) is 43.5 Å². The Morgan fingerprint density at radius 2 is 1.50 bits per heavy atom. The highest BCUT2D eigenvalue weighted by Gasteiger charge is 2.19. The van der Waals surface area contributed by atoms with E-state index in [-0.39, 0.29) is 22.8 Å². The zero-order valence-corrected chi connectivity index (χ0v) is 16.4. The molecule has 0 saturated heterocycles. The van der Waals surface area contributed by atoms with Crippen molar-refractivity contribution in [2.75, 3.05) is 14.1 Å². The van der Waals surface area contributed by atoms with E-state index in [1.165, 1.54) is 50.5 Å². The summed E-state index contributed by atoms with van der Waals surface area (Å²) in [6.45, 7) is 0. The van der Waals surface area contributed by atoms with Gasteiger partial charge in [-0.1, -0.05) is 42.5 Å². The van der Waals surface area contributed by atoms with Gasteiger partial charge in [-0.15, -0.1) is 0 Å². The first-order valence-electron chi connectivity index (χ1n) is 8.42. The second-order valence-corrected chi connectivity index (χ2v) is 8.31. The Hall–Kier alpha value is -3.03. The fourth-order valence-corrected chi connectivity index (χ4v) is 3.37. The predicted molar refractivity (Wildman–Crippen MR) is 108 cm³/mol. The van der Waals surface area contributed by atoms with Gasteiger partial charge in [0.2, 0.25) is 10.0 Å². The molecule has 0 aliphatic rings. The van der Waals surface area contributed by atoms with Crippen LogP contribution in [0.4, 0.5) is 0 Å². The Morgan fingerprint density at radius 1 is 0.929 bits per heavy atom. The number of carbonyl (C=O) groups is 2. The van der Waals surface area contributed by atoms with Crippen LogP contribution in [-0.2, 0) is 19.6 Å². The fourth-order valence-electron chi connectivity index (χ4n) is 2.30. The number of hydrogen-bond acceptors (Lipinski definition) is 5. The second kappa shape index (κ2) is 9.25. The van der Waals surface area contributed by atoms with Crippen LogP contribution in [0.5, 0.6) is 5.75 Å². The number of ketones is 2. The molecule has 0 atom stereocenters. The Morgan fingerprint density at radius 3 is 2.11 bits per heavy atom. The van der Waals surface area contributed by atoms with Gasteiger partial charge in [0.25, 0.3) is 0 Å². The molecule has 0 aromatic heterocycles. The van der Waals surface area contributed by atoms with Gasteiger partial charge in [-0.3, -0.25) is 9.59 Å². The fraction of sp³-hybridized carbons (Fsp3) is 0.143. The highest BCUT2D eigenvalue weighted by Crippen LogP contribution is 2.19. The monoisotopic (exact) mass is 399 g/mol. The summed E-state index contributed by atoms with van der Waals surface area (Å²) >= 11 is 0. The van der Waals surface area contributed by atoms with E-state index in [1.807, 2.05) is 0 Å². The summed E-state index contributed by atoms with van der Waals surface area (Å²) in [7, 11) is -0.785. The van der Waals surface area contributed by atoms with Crippen LogP contribution in [0.1, 0.15) is 17.5 Å². The number of phenols is 1. The summed E-state index contributed by atoms with van der Waals surface area (Å²) < 4.78 is 25.8.